The Balaban J connectivity index is 2.20. The number of hydrogen-bond acceptors (Lipinski definition) is 2. The van der Waals surface area contributed by atoms with E-state index in [1.54, 1.807) is 0 Å². The van der Waals surface area contributed by atoms with E-state index in [0.29, 0.717) is 0 Å². The zero-order chi connectivity index (χ0) is 10.8. The lowest BCUT2D eigenvalue weighted by molar-refractivity contribution is 0.0652. The predicted molar refractivity (Wildman–Crippen MR) is 61.3 cm³/mol. The molecule has 3 heteroatoms. The van der Waals surface area contributed by atoms with Crippen LogP contribution in [-0.2, 0) is 0 Å². The summed E-state index contributed by atoms with van der Waals surface area (Å²) in [6, 6.07) is 7.77. The molecular weight excluding hydrogens is 188 g/mol. The van der Waals surface area contributed by atoms with Gasteiger partial charge in [-0.3, -0.25) is 4.79 Å². The molecule has 1 saturated heterocycles. The van der Waals surface area contributed by atoms with Gasteiger partial charge in [-0.15, -0.1) is 0 Å². The molecule has 1 aromatic carbocycles. The Morgan fingerprint density at radius 2 is 2.07 bits per heavy atom. The normalized spacial score (nSPS) is 14.7. The molecule has 0 unspecified atom stereocenters. The Bertz CT molecular complexity index is 370. The van der Waals surface area contributed by atoms with Gasteiger partial charge in [-0.2, -0.15) is 0 Å². The summed E-state index contributed by atoms with van der Waals surface area (Å²) < 4.78 is 0. The Kier molecular flexibility index (Phi) is 2.62. The number of benzene rings is 1. The first kappa shape index (κ1) is 10.0. The van der Waals surface area contributed by atoms with E-state index in [2.05, 4.69) is 0 Å². The molecule has 0 bridgehead atoms. The highest BCUT2D eigenvalue weighted by molar-refractivity contribution is 5.95. The Morgan fingerprint density at radius 3 is 2.60 bits per heavy atom. The molecule has 1 heterocycles. The van der Waals surface area contributed by atoms with Crippen LogP contribution in [0.5, 0.6) is 0 Å². The van der Waals surface area contributed by atoms with Crippen molar-refractivity contribution in [1.29, 1.82) is 0 Å². The molecule has 1 amide bonds. The van der Waals surface area contributed by atoms with Crippen LogP contribution in [0.15, 0.2) is 24.3 Å². The molecule has 0 radical (unpaired) electrons. The van der Waals surface area contributed by atoms with Crippen LogP contribution in [0.1, 0.15) is 16.8 Å². The van der Waals surface area contributed by atoms with Gasteiger partial charge in [0.25, 0.3) is 5.91 Å². The average molecular weight is 204 g/mol. The molecule has 0 aliphatic carbocycles. The summed E-state index contributed by atoms with van der Waals surface area (Å²) >= 11 is 0. The molecule has 15 heavy (non-hydrogen) atoms. The van der Waals surface area contributed by atoms with Crippen LogP contribution in [0.4, 0.5) is 5.69 Å². The van der Waals surface area contributed by atoms with Crippen LogP contribution < -0.4 is 4.90 Å². The zero-order valence-electron chi connectivity index (χ0n) is 9.23. The lowest BCUT2D eigenvalue weighted by Crippen LogP contribution is -2.42. The van der Waals surface area contributed by atoms with E-state index in [4.69, 9.17) is 0 Å². The fourth-order valence-corrected chi connectivity index (χ4v) is 1.62. The molecule has 80 valence electrons. The minimum absolute atomic E-state index is 0.157. The second-order valence-electron chi connectivity index (χ2n) is 4.09. The molecule has 1 aliphatic rings. The Morgan fingerprint density at radius 1 is 1.33 bits per heavy atom. The van der Waals surface area contributed by atoms with Crippen molar-refractivity contribution >= 4 is 11.6 Å². The standard InChI is InChI=1S/C12H16N2O/c1-13(2)11-6-3-5-10(9-11)12(15)14-7-4-8-14/h3,5-6,9H,4,7-8H2,1-2H3. The molecule has 3 nitrogen and oxygen atoms in total. The van der Waals surface area contributed by atoms with E-state index >= 15 is 0 Å². The fourth-order valence-electron chi connectivity index (χ4n) is 1.62. The third kappa shape index (κ3) is 1.96. The number of amides is 1. The maximum atomic E-state index is 11.9. The molecule has 0 atom stereocenters. The van der Waals surface area contributed by atoms with Crippen LogP contribution in [-0.4, -0.2) is 38.0 Å². The van der Waals surface area contributed by atoms with Gasteiger partial charge in [0.05, 0.1) is 0 Å². The van der Waals surface area contributed by atoms with E-state index in [9.17, 15) is 4.79 Å². The van der Waals surface area contributed by atoms with Crippen molar-refractivity contribution in [2.75, 3.05) is 32.1 Å². The van der Waals surface area contributed by atoms with Crippen LogP contribution in [0.2, 0.25) is 0 Å². The molecule has 1 aliphatic heterocycles. The van der Waals surface area contributed by atoms with Gasteiger partial charge in [0.15, 0.2) is 0 Å². The average Bonchev–Trinajstić information content (AvgIpc) is 2.15. The van der Waals surface area contributed by atoms with Gasteiger partial charge in [-0.1, -0.05) is 6.07 Å². The maximum absolute atomic E-state index is 11.9. The number of nitrogens with zero attached hydrogens (tertiary/aromatic N) is 2. The lowest BCUT2D eigenvalue weighted by Gasteiger charge is -2.31. The van der Waals surface area contributed by atoms with Crippen molar-refractivity contribution in [3.05, 3.63) is 29.8 Å². The Hall–Kier alpha value is -1.51. The second-order valence-corrected chi connectivity index (χ2v) is 4.09. The van der Waals surface area contributed by atoms with Gasteiger partial charge in [-0.25, -0.2) is 0 Å². The van der Waals surface area contributed by atoms with E-state index in [-0.39, 0.29) is 5.91 Å². The van der Waals surface area contributed by atoms with Gasteiger partial charge in [-0.05, 0) is 24.6 Å². The fraction of sp³-hybridized carbons (Fsp3) is 0.417. The van der Waals surface area contributed by atoms with Gasteiger partial charge in [0, 0.05) is 38.4 Å². The minimum Gasteiger partial charge on any atom is -0.378 e. The van der Waals surface area contributed by atoms with E-state index in [1.807, 2.05) is 48.2 Å². The van der Waals surface area contributed by atoms with Crippen LogP contribution in [0, 0.1) is 0 Å². The zero-order valence-corrected chi connectivity index (χ0v) is 9.23. The summed E-state index contributed by atoms with van der Waals surface area (Å²) in [6.45, 7) is 1.82. The smallest absolute Gasteiger partial charge is 0.253 e. The van der Waals surface area contributed by atoms with Crippen LogP contribution >= 0.6 is 0 Å². The predicted octanol–water partition coefficient (Wildman–Crippen LogP) is 1.60. The highest BCUT2D eigenvalue weighted by Gasteiger charge is 2.21. The van der Waals surface area contributed by atoms with Crippen molar-refractivity contribution in [3.8, 4) is 0 Å². The van der Waals surface area contributed by atoms with Crippen LogP contribution in [0.25, 0.3) is 0 Å². The third-order valence-corrected chi connectivity index (χ3v) is 2.75. The highest BCUT2D eigenvalue weighted by atomic mass is 16.2. The van der Waals surface area contributed by atoms with Gasteiger partial charge >= 0.3 is 0 Å². The maximum Gasteiger partial charge on any atom is 0.253 e. The first-order valence-electron chi connectivity index (χ1n) is 5.25. The highest BCUT2D eigenvalue weighted by Crippen LogP contribution is 2.17. The molecule has 2 rings (SSSR count). The number of likely N-dealkylation sites (tertiary alicyclic amines) is 1. The van der Waals surface area contributed by atoms with E-state index < -0.39 is 0 Å². The SMILES string of the molecule is CN(C)c1cccc(C(=O)N2CCC2)c1. The molecule has 1 aromatic rings. The van der Waals surface area contributed by atoms with Crippen molar-refractivity contribution in [1.82, 2.24) is 4.90 Å². The lowest BCUT2D eigenvalue weighted by atomic mass is 10.1. The molecule has 0 spiro atoms. The monoisotopic (exact) mass is 204 g/mol. The summed E-state index contributed by atoms with van der Waals surface area (Å²) in [7, 11) is 3.96. The van der Waals surface area contributed by atoms with Gasteiger partial charge < -0.3 is 9.80 Å². The van der Waals surface area contributed by atoms with Gasteiger partial charge in [0.1, 0.15) is 0 Å². The second kappa shape index (κ2) is 3.93. The van der Waals surface area contributed by atoms with Crippen molar-refractivity contribution in [2.24, 2.45) is 0 Å². The largest absolute Gasteiger partial charge is 0.378 e. The van der Waals surface area contributed by atoms with Crippen molar-refractivity contribution in [2.45, 2.75) is 6.42 Å². The number of rotatable bonds is 2. The number of carbonyl (C=O) groups is 1. The molecule has 1 fully saturated rings. The topological polar surface area (TPSA) is 23.6 Å². The summed E-state index contributed by atoms with van der Waals surface area (Å²) in [5.41, 5.74) is 1.86. The third-order valence-electron chi connectivity index (χ3n) is 2.75. The van der Waals surface area contributed by atoms with Crippen molar-refractivity contribution < 1.29 is 4.79 Å². The molecule has 0 N–H and O–H groups in total. The molecular formula is C12H16N2O. The number of carbonyl (C=O) groups excluding carboxylic acids is 1. The Labute approximate surface area is 90.3 Å². The quantitative estimate of drug-likeness (QED) is 0.730. The van der Waals surface area contributed by atoms with Crippen LogP contribution in [0.3, 0.4) is 0 Å². The summed E-state index contributed by atoms with van der Waals surface area (Å²) in [5, 5.41) is 0. The number of anilines is 1. The summed E-state index contributed by atoms with van der Waals surface area (Å²) in [5.74, 6) is 0.157. The summed E-state index contributed by atoms with van der Waals surface area (Å²) in [4.78, 5) is 15.8. The molecule has 0 saturated carbocycles. The molecule has 0 aromatic heterocycles. The summed E-state index contributed by atoms with van der Waals surface area (Å²) in [6.07, 6.45) is 1.14. The number of hydrogen-bond donors (Lipinski definition) is 0. The van der Waals surface area contributed by atoms with E-state index in [1.165, 1.54) is 0 Å². The first-order chi connectivity index (χ1) is 7.18. The van der Waals surface area contributed by atoms with E-state index in [0.717, 1.165) is 30.8 Å². The van der Waals surface area contributed by atoms with Gasteiger partial charge in [0.2, 0.25) is 0 Å². The first-order valence-corrected chi connectivity index (χ1v) is 5.25. The minimum atomic E-state index is 0.157. The van der Waals surface area contributed by atoms with Crippen molar-refractivity contribution in [3.63, 3.8) is 0 Å².